The molecular weight excluding hydrogens is 283 g/mol. The van der Waals surface area contributed by atoms with Gasteiger partial charge in [-0.2, -0.15) is 0 Å². The van der Waals surface area contributed by atoms with Gasteiger partial charge >= 0.3 is 0 Å². The Labute approximate surface area is 129 Å². The van der Waals surface area contributed by atoms with E-state index in [4.69, 9.17) is 0 Å². The van der Waals surface area contributed by atoms with Crippen LogP contribution in [0.5, 0.6) is 0 Å². The van der Waals surface area contributed by atoms with Crippen LogP contribution in [0, 0.1) is 104 Å². The number of rotatable bonds is 0. The summed E-state index contributed by atoms with van der Waals surface area (Å²) in [6.07, 6.45) is 30.0. The molecule has 0 amide bonds. The molecule has 0 unspecified atom stereocenters. The molecule has 3 rings (SSSR count). The van der Waals surface area contributed by atoms with Gasteiger partial charge in [-0.05, 0) is 96.3 Å². The van der Waals surface area contributed by atoms with Crippen molar-refractivity contribution in [2.75, 3.05) is 0 Å². The third-order valence-corrected chi connectivity index (χ3v) is 1.67. The first kappa shape index (κ1) is 20.2. The van der Waals surface area contributed by atoms with E-state index in [1.54, 1.807) is 0 Å². The van der Waals surface area contributed by atoms with E-state index in [1.165, 1.54) is 0 Å². The predicted molar refractivity (Wildman–Crippen MR) is 70.9 cm³/mol. The Balaban J connectivity index is 0. The topological polar surface area (TPSA) is 0 Å². The van der Waals surface area contributed by atoms with Gasteiger partial charge in [0.25, 0.3) is 0 Å². The Morgan fingerprint density at radius 3 is 0.353 bits per heavy atom. The van der Waals surface area contributed by atoms with Crippen LogP contribution < -0.4 is 0 Å². The summed E-state index contributed by atoms with van der Waals surface area (Å²) < 4.78 is 0. The van der Waals surface area contributed by atoms with Crippen LogP contribution in [0.1, 0.15) is 0 Å². The zero-order valence-corrected chi connectivity index (χ0v) is 12.6. The molecule has 0 spiro atoms. The number of hydrogen-bond acceptors (Lipinski definition) is 0. The summed E-state index contributed by atoms with van der Waals surface area (Å²) >= 11 is 0. The van der Waals surface area contributed by atoms with Crippen molar-refractivity contribution in [2.24, 2.45) is 0 Å². The maximum Gasteiger partial charge on any atom is 0 e. The van der Waals surface area contributed by atoms with Crippen LogP contribution in [0.15, 0.2) is 0 Å². The summed E-state index contributed by atoms with van der Waals surface area (Å²) in [5.41, 5.74) is 0. The Bertz CT molecular complexity index is 64.1. The molecule has 87 valence electrons. The van der Waals surface area contributed by atoms with Gasteiger partial charge in [-0.1, -0.05) is 0 Å². The van der Waals surface area contributed by atoms with Crippen molar-refractivity contribution in [1.82, 2.24) is 0 Å². The third kappa shape index (κ3) is 14.8. The van der Waals surface area contributed by atoms with Crippen LogP contribution >= 0.6 is 0 Å². The first-order valence-corrected chi connectivity index (χ1v) is 5.00. The molecule has 0 heterocycles. The molecule has 0 aromatic rings. The predicted octanol–water partition coefficient (Wildman–Crippen LogP) is 3.51. The van der Waals surface area contributed by atoms with E-state index in [0.717, 1.165) is 0 Å². The third-order valence-electron chi connectivity index (χ3n) is 1.67. The van der Waals surface area contributed by atoms with E-state index >= 15 is 0 Å². The summed E-state index contributed by atoms with van der Waals surface area (Å²) in [4.78, 5) is 0. The second kappa shape index (κ2) is 16.9. The summed E-state index contributed by atoms with van der Waals surface area (Å²) in [7, 11) is 0. The van der Waals surface area contributed by atoms with Gasteiger partial charge in [0.15, 0.2) is 0 Å². The van der Waals surface area contributed by atoms with Gasteiger partial charge in [0.1, 0.15) is 0 Å². The summed E-state index contributed by atoms with van der Waals surface area (Å²) in [5, 5.41) is 0. The fraction of sp³-hybridized carbons (Fsp3) is 0. The van der Waals surface area contributed by atoms with E-state index in [0.29, 0.717) is 0 Å². The van der Waals surface area contributed by atoms with Crippen LogP contribution in [0.2, 0.25) is 0 Å². The first-order chi connectivity index (χ1) is 7.50. The molecular formula is C16H18Zr-. The Hall–Kier alpha value is 0.883. The average Bonchev–Trinajstić information content (AvgIpc) is 3.09. The zero-order valence-electron chi connectivity index (χ0n) is 10.2. The minimum absolute atomic E-state index is 0. The fourth-order valence-corrected chi connectivity index (χ4v) is 0.962. The largest absolute Gasteiger partial charge is 0.358 e. The quantitative estimate of drug-likeness (QED) is 0.601. The van der Waals surface area contributed by atoms with Gasteiger partial charge in [-0.25, -0.2) is 0 Å². The van der Waals surface area contributed by atoms with E-state index in [2.05, 4.69) is 0 Å². The first-order valence-electron chi connectivity index (χ1n) is 5.00. The summed E-state index contributed by atoms with van der Waals surface area (Å²) in [6, 6.07) is 0. The smallest absolute Gasteiger partial charge is 0 e. The van der Waals surface area contributed by atoms with Crippen molar-refractivity contribution in [3.8, 4) is 0 Å². The molecule has 0 saturated heterocycles. The van der Waals surface area contributed by atoms with Crippen LogP contribution in [0.25, 0.3) is 0 Å². The van der Waals surface area contributed by atoms with Gasteiger partial charge < -0.3 is 7.43 Å². The standard InChI is InChI=1S/3C5H5.CH3.Zr/c3*1-2-4-5-3-1;;/h3*1-5H;1H3;/q;;;-1;. The normalized spacial score (nSPS) is 21.2. The maximum atomic E-state index is 2.00. The monoisotopic (exact) mass is 300 g/mol. The van der Waals surface area contributed by atoms with Gasteiger partial charge in [0.05, 0.1) is 0 Å². The minimum Gasteiger partial charge on any atom is -0.358 e. The Morgan fingerprint density at radius 1 is 0.235 bits per heavy atom. The molecule has 0 atom stereocenters. The van der Waals surface area contributed by atoms with E-state index in [1.807, 2.05) is 96.3 Å². The zero-order chi connectivity index (χ0) is 10.6. The van der Waals surface area contributed by atoms with Crippen molar-refractivity contribution >= 4 is 0 Å². The molecule has 3 saturated carbocycles. The molecule has 0 aromatic heterocycles. The molecule has 3 aliphatic rings. The van der Waals surface area contributed by atoms with Gasteiger partial charge in [0.2, 0.25) is 0 Å². The van der Waals surface area contributed by atoms with Crippen molar-refractivity contribution in [2.45, 2.75) is 0 Å². The van der Waals surface area contributed by atoms with E-state index in [9.17, 15) is 0 Å². The molecule has 0 bridgehead atoms. The maximum absolute atomic E-state index is 2.00. The van der Waals surface area contributed by atoms with Crippen molar-refractivity contribution in [3.63, 3.8) is 0 Å². The average molecular weight is 302 g/mol. The van der Waals surface area contributed by atoms with Gasteiger partial charge in [0, 0.05) is 26.2 Å². The van der Waals surface area contributed by atoms with Crippen LogP contribution in [0.4, 0.5) is 0 Å². The molecule has 15 radical (unpaired) electrons. The van der Waals surface area contributed by atoms with Crippen LogP contribution in [0.3, 0.4) is 0 Å². The van der Waals surface area contributed by atoms with Crippen molar-refractivity contribution < 1.29 is 26.2 Å². The second-order valence-corrected chi connectivity index (χ2v) is 2.89. The van der Waals surface area contributed by atoms with Crippen molar-refractivity contribution in [3.05, 3.63) is 104 Å². The fourth-order valence-electron chi connectivity index (χ4n) is 0.962. The molecule has 0 aliphatic heterocycles. The summed E-state index contributed by atoms with van der Waals surface area (Å²) in [5.74, 6) is 0. The van der Waals surface area contributed by atoms with Gasteiger partial charge in [-0.15, -0.1) is 0 Å². The van der Waals surface area contributed by atoms with E-state index < -0.39 is 0 Å². The van der Waals surface area contributed by atoms with Crippen LogP contribution in [-0.2, 0) is 26.2 Å². The molecule has 17 heavy (non-hydrogen) atoms. The Morgan fingerprint density at radius 2 is 0.294 bits per heavy atom. The number of hydrogen-bond donors (Lipinski definition) is 0. The molecule has 0 aromatic carbocycles. The molecule has 3 fully saturated rings. The summed E-state index contributed by atoms with van der Waals surface area (Å²) in [6.45, 7) is 0. The van der Waals surface area contributed by atoms with Crippen LogP contribution in [-0.4, -0.2) is 0 Å². The van der Waals surface area contributed by atoms with E-state index in [-0.39, 0.29) is 33.6 Å². The molecule has 0 N–H and O–H groups in total. The minimum atomic E-state index is 0. The Kier molecular flexibility index (Phi) is 20.1. The van der Waals surface area contributed by atoms with Gasteiger partial charge in [-0.3, -0.25) is 0 Å². The SMILES string of the molecule is [CH3-].[CH]1[CH][CH][CH][CH]1.[CH]1[CH][CH][CH][CH]1.[CH]1[CH][CH][CH][CH]1.[Zr]. The molecule has 1 heteroatoms. The molecule has 3 aliphatic carbocycles. The second-order valence-electron chi connectivity index (χ2n) is 2.89. The van der Waals surface area contributed by atoms with Crippen molar-refractivity contribution in [1.29, 1.82) is 0 Å². The molecule has 0 nitrogen and oxygen atoms in total.